The molecular formula is C25H22BrClN2O5S. The van der Waals surface area contributed by atoms with Crippen molar-refractivity contribution in [1.29, 1.82) is 0 Å². The molecular weight excluding hydrogens is 556 g/mol. The first-order valence-electron chi connectivity index (χ1n) is 10.8. The highest BCUT2D eigenvalue weighted by Gasteiger charge is 2.47. The smallest absolute Gasteiger partial charge is 0.252 e. The summed E-state index contributed by atoms with van der Waals surface area (Å²) < 4.78 is 34.7. The van der Waals surface area contributed by atoms with Crippen LogP contribution in [-0.2, 0) is 26.2 Å². The van der Waals surface area contributed by atoms with Crippen LogP contribution in [0.15, 0.2) is 82.2 Å². The largest absolute Gasteiger partial charge is 0.494 e. The molecule has 0 radical (unpaired) electrons. The van der Waals surface area contributed by atoms with Crippen molar-refractivity contribution in [3.05, 3.63) is 87.9 Å². The third-order valence-electron chi connectivity index (χ3n) is 5.58. The number of rotatable bonds is 8. The lowest BCUT2D eigenvalue weighted by Crippen LogP contribution is -2.45. The third kappa shape index (κ3) is 5.28. The normalized spacial score (nSPS) is 16.2. The van der Waals surface area contributed by atoms with Crippen LogP contribution in [0.25, 0.3) is 0 Å². The van der Waals surface area contributed by atoms with Crippen molar-refractivity contribution < 1.29 is 22.7 Å². The van der Waals surface area contributed by atoms with Gasteiger partial charge >= 0.3 is 0 Å². The quantitative estimate of drug-likeness (QED) is 0.351. The number of benzene rings is 3. The van der Waals surface area contributed by atoms with Gasteiger partial charge in [0.1, 0.15) is 11.8 Å². The second kappa shape index (κ2) is 10.5. The molecule has 1 heterocycles. The first kappa shape index (κ1) is 25.4. The van der Waals surface area contributed by atoms with Gasteiger partial charge in [-0.05, 0) is 67.1 Å². The van der Waals surface area contributed by atoms with E-state index in [0.717, 1.165) is 9.21 Å². The van der Waals surface area contributed by atoms with Gasteiger partial charge in [-0.2, -0.15) is 4.31 Å². The van der Waals surface area contributed by atoms with Crippen LogP contribution in [0.4, 0.5) is 5.69 Å². The molecule has 1 aliphatic rings. The average Bonchev–Trinajstić information content (AvgIpc) is 3.13. The van der Waals surface area contributed by atoms with E-state index in [1.165, 1.54) is 12.1 Å². The van der Waals surface area contributed by atoms with Crippen LogP contribution in [-0.4, -0.2) is 37.2 Å². The minimum atomic E-state index is -4.16. The Morgan fingerprint density at radius 3 is 2.31 bits per heavy atom. The second-order valence-electron chi connectivity index (χ2n) is 7.81. The van der Waals surface area contributed by atoms with E-state index in [-0.39, 0.29) is 17.9 Å². The zero-order chi connectivity index (χ0) is 25.2. The van der Waals surface area contributed by atoms with Crippen LogP contribution in [0.3, 0.4) is 0 Å². The number of amides is 2. The van der Waals surface area contributed by atoms with Crippen LogP contribution >= 0.6 is 27.5 Å². The van der Waals surface area contributed by atoms with E-state index in [1.807, 2.05) is 6.92 Å². The summed E-state index contributed by atoms with van der Waals surface area (Å²) in [4.78, 5) is 27.5. The summed E-state index contributed by atoms with van der Waals surface area (Å²) in [5.74, 6) is -0.503. The molecule has 0 aliphatic carbocycles. The van der Waals surface area contributed by atoms with E-state index in [4.69, 9.17) is 16.3 Å². The predicted octanol–water partition coefficient (Wildman–Crippen LogP) is 5.02. The molecule has 182 valence electrons. The molecule has 0 spiro atoms. The number of carbonyl (C=O) groups excluding carboxylic acids is 2. The Kier molecular flexibility index (Phi) is 7.61. The molecule has 0 bridgehead atoms. The fraction of sp³-hybridized carbons (Fsp3) is 0.200. The lowest BCUT2D eigenvalue weighted by atomic mass is 10.2. The van der Waals surface area contributed by atoms with Gasteiger partial charge in [0, 0.05) is 16.0 Å². The van der Waals surface area contributed by atoms with Gasteiger partial charge in [-0.25, -0.2) is 13.3 Å². The van der Waals surface area contributed by atoms with Crippen LogP contribution in [0.2, 0.25) is 5.02 Å². The SMILES string of the molecule is CCOc1ccc(N2C(=O)CC(N(Cc3ccccc3Cl)S(=O)(=O)c3ccc(Br)cc3)C2=O)cc1. The Bertz CT molecular complexity index is 1350. The summed E-state index contributed by atoms with van der Waals surface area (Å²) in [5, 5.41) is 0.364. The van der Waals surface area contributed by atoms with E-state index in [2.05, 4.69) is 15.9 Å². The van der Waals surface area contributed by atoms with Crippen molar-refractivity contribution in [2.45, 2.75) is 30.8 Å². The highest BCUT2D eigenvalue weighted by atomic mass is 79.9. The van der Waals surface area contributed by atoms with Crippen molar-refractivity contribution in [1.82, 2.24) is 4.31 Å². The first-order chi connectivity index (χ1) is 16.7. The maximum atomic E-state index is 13.7. The van der Waals surface area contributed by atoms with Gasteiger partial charge in [-0.1, -0.05) is 45.7 Å². The number of hydrogen-bond donors (Lipinski definition) is 0. The van der Waals surface area contributed by atoms with Gasteiger partial charge in [0.2, 0.25) is 15.9 Å². The molecule has 1 atom stereocenters. The van der Waals surface area contributed by atoms with E-state index in [9.17, 15) is 18.0 Å². The van der Waals surface area contributed by atoms with Gasteiger partial charge in [0.25, 0.3) is 5.91 Å². The summed E-state index contributed by atoms with van der Waals surface area (Å²) in [6.07, 6.45) is -0.285. The number of ether oxygens (including phenoxy) is 1. The average molecular weight is 578 g/mol. The van der Waals surface area contributed by atoms with E-state index >= 15 is 0 Å². The van der Waals surface area contributed by atoms with Gasteiger partial charge in [0.05, 0.1) is 23.6 Å². The highest BCUT2D eigenvalue weighted by molar-refractivity contribution is 9.10. The summed E-state index contributed by atoms with van der Waals surface area (Å²) in [6, 6.07) is 18.2. The molecule has 2 amide bonds. The Morgan fingerprint density at radius 1 is 1.03 bits per heavy atom. The number of halogens is 2. The summed E-state index contributed by atoms with van der Waals surface area (Å²) in [6.45, 7) is 2.16. The first-order valence-corrected chi connectivity index (χ1v) is 13.4. The molecule has 0 saturated carbocycles. The molecule has 7 nitrogen and oxygen atoms in total. The fourth-order valence-electron chi connectivity index (χ4n) is 3.87. The maximum Gasteiger partial charge on any atom is 0.252 e. The molecule has 1 fully saturated rings. The molecule has 1 saturated heterocycles. The lowest BCUT2D eigenvalue weighted by Gasteiger charge is -2.27. The zero-order valence-corrected chi connectivity index (χ0v) is 21.9. The van der Waals surface area contributed by atoms with E-state index in [1.54, 1.807) is 60.7 Å². The molecule has 35 heavy (non-hydrogen) atoms. The highest BCUT2D eigenvalue weighted by Crippen LogP contribution is 2.32. The van der Waals surface area contributed by atoms with Crippen molar-refractivity contribution in [2.24, 2.45) is 0 Å². The molecule has 3 aromatic carbocycles. The van der Waals surface area contributed by atoms with Crippen molar-refractivity contribution >= 4 is 55.1 Å². The van der Waals surface area contributed by atoms with Gasteiger partial charge in [-0.3, -0.25) is 9.59 Å². The molecule has 1 aliphatic heterocycles. The van der Waals surface area contributed by atoms with E-state index < -0.39 is 27.9 Å². The summed E-state index contributed by atoms with van der Waals surface area (Å²) in [5.41, 5.74) is 0.874. The molecule has 3 aromatic rings. The Labute approximate surface area is 217 Å². The maximum absolute atomic E-state index is 13.7. The molecule has 0 aromatic heterocycles. The predicted molar refractivity (Wildman–Crippen MR) is 137 cm³/mol. The number of nitrogens with zero attached hydrogens (tertiary/aromatic N) is 2. The Balaban J connectivity index is 1.73. The third-order valence-corrected chi connectivity index (χ3v) is 8.35. The van der Waals surface area contributed by atoms with Crippen molar-refractivity contribution in [2.75, 3.05) is 11.5 Å². The van der Waals surface area contributed by atoms with Crippen molar-refractivity contribution in [3.63, 3.8) is 0 Å². The van der Waals surface area contributed by atoms with E-state index in [0.29, 0.717) is 33.1 Å². The van der Waals surface area contributed by atoms with Gasteiger partial charge in [-0.15, -0.1) is 0 Å². The number of hydrogen-bond acceptors (Lipinski definition) is 5. The standard InChI is InChI=1S/C25H22BrClN2O5S/c1-2-34-20-11-9-19(10-12-20)29-24(30)15-23(25(29)31)28(16-17-5-3-4-6-22(17)27)35(32,33)21-13-7-18(26)8-14-21/h3-14,23H,2,15-16H2,1H3. The number of anilines is 1. The molecule has 0 N–H and O–H groups in total. The molecule has 4 rings (SSSR count). The number of imide groups is 1. The monoisotopic (exact) mass is 576 g/mol. The molecule has 1 unspecified atom stereocenters. The van der Waals surface area contributed by atoms with Crippen LogP contribution in [0.5, 0.6) is 5.75 Å². The van der Waals surface area contributed by atoms with Crippen LogP contribution in [0.1, 0.15) is 18.9 Å². The van der Waals surface area contributed by atoms with Crippen LogP contribution < -0.4 is 9.64 Å². The van der Waals surface area contributed by atoms with Gasteiger partial charge < -0.3 is 4.74 Å². The van der Waals surface area contributed by atoms with Gasteiger partial charge in [0.15, 0.2) is 0 Å². The molecule has 10 heteroatoms. The Morgan fingerprint density at radius 2 is 1.69 bits per heavy atom. The Hall–Kier alpha value is -2.72. The topological polar surface area (TPSA) is 84.0 Å². The summed E-state index contributed by atoms with van der Waals surface area (Å²) in [7, 11) is -4.16. The van der Waals surface area contributed by atoms with Crippen LogP contribution in [0, 0.1) is 0 Å². The summed E-state index contributed by atoms with van der Waals surface area (Å²) >= 11 is 9.62. The lowest BCUT2D eigenvalue weighted by molar-refractivity contribution is -0.122. The minimum Gasteiger partial charge on any atom is -0.494 e. The number of carbonyl (C=O) groups is 2. The van der Waals surface area contributed by atoms with Crippen molar-refractivity contribution in [3.8, 4) is 5.75 Å². The second-order valence-corrected chi connectivity index (χ2v) is 11.0. The minimum absolute atomic E-state index is 0.00696. The number of sulfonamides is 1. The fourth-order valence-corrected chi connectivity index (χ4v) is 5.89. The zero-order valence-electron chi connectivity index (χ0n) is 18.7.